The fourth-order valence-corrected chi connectivity index (χ4v) is 1.48. The average molecular weight is 286 g/mol. The van der Waals surface area contributed by atoms with E-state index in [-0.39, 0.29) is 5.91 Å². The molecule has 88 valence electrons. The van der Waals surface area contributed by atoms with E-state index >= 15 is 0 Å². The van der Waals surface area contributed by atoms with Gasteiger partial charge in [-0.3, -0.25) is 4.79 Å². The van der Waals surface area contributed by atoms with Crippen LogP contribution < -0.4 is 10.1 Å². The van der Waals surface area contributed by atoms with Gasteiger partial charge in [0.1, 0.15) is 5.75 Å². The molecule has 1 N–H and O–H groups in total. The van der Waals surface area contributed by atoms with Crippen LogP contribution >= 0.6 is 15.9 Å². The van der Waals surface area contributed by atoms with Crippen molar-refractivity contribution in [2.75, 3.05) is 11.9 Å². The zero-order chi connectivity index (χ0) is 11.8. The molecule has 0 saturated heterocycles. The molecule has 1 aromatic carbocycles. The molecule has 0 saturated carbocycles. The monoisotopic (exact) mass is 285 g/mol. The molecule has 0 fully saturated rings. The second-order valence-electron chi connectivity index (χ2n) is 3.41. The van der Waals surface area contributed by atoms with Crippen LogP contribution in [-0.4, -0.2) is 17.8 Å². The van der Waals surface area contributed by atoms with Gasteiger partial charge in [0.2, 0.25) is 5.91 Å². The maximum atomic E-state index is 10.8. The number of amides is 1. The van der Waals surface area contributed by atoms with Gasteiger partial charge in [-0.1, -0.05) is 34.1 Å². The van der Waals surface area contributed by atoms with Gasteiger partial charge in [-0.15, -0.1) is 0 Å². The number of benzene rings is 1. The Labute approximate surface area is 104 Å². The summed E-state index contributed by atoms with van der Waals surface area (Å²) in [5.41, 5.74) is 1.01. The molecular formula is C12H16BrNO2. The van der Waals surface area contributed by atoms with Crippen molar-refractivity contribution < 1.29 is 9.53 Å². The Morgan fingerprint density at radius 2 is 2.19 bits per heavy atom. The number of carbonyl (C=O) groups is 1. The predicted octanol–water partition coefficient (Wildman–Crippen LogP) is 2.49. The molecular weight excluding hydrogens is 270 g/mol. The summed E-state index contributed by atoms with van der Waals surface area (Å²) in [6, 6.07) is 7.75. The van der Waals surface area contributed by atoms with Crippen molar-refractivity contribution in [2.24, 2.45) is 0 Å². The van der Waals surface area contributed by atoms with Gasteiger partial charge in [0.15, 0.2) is 0 Å². The smallest absolute Gasteiger partial charge is 0.217 e. The molecule has 16 heavy (non-hydrogen) atoms. The molecule has 3 nitrogen and oxygen atoms in total. The van der Waals surface area contributed by atoms with Gasteiger partial charge >= 0.3 is 0 Å². The van der Waals surface area contributed by atoms with Gasteiger partial charge in [0, 0.05) is 24.4 Å². The van der Waals surface area contributed by atoms with E-state index in [0.29, 0.717) is 13.2 Å². The number of alkyl halides is 1. The van der Waals surface area contributed by atoms with Gasteiger partial charge in [-0.2, -0.15) is 0 Å². The van der Waals surface area contributed by atoms with Crippen LogP contribution in [0, 0.1) is 0 Å². The normalized spacial score (nSPS) is 9.88. The lowest BCUT2D eigenvalue weighted by Crippen LogP contribution is -2.19. The maximum Gasteiger partial charge on any atom is 0.217 e. The third-order valence-electron chi connectivity index (χ3n) is 2.04. The fraction of sp³-hybridized carbons (Fsp3) is 0.417. The lowest BCUT2D eigenvalue weighted by molar-refractivity contribution is -0.119. The van der Waals surface area contributed by atoms with Gasteiger partial charge in [-0.25, -0.2) is 0 Å². The van der Waals surface area contributed by atoms with Crippen LogP contribution in [0.1, 0.15) is 18.9 Å². The zero-order valence-corrected chi connectivity index (χ0v) is 10.9. The summed E-state index contributed by atoms with van der Waals surface area (Å²) in [7, 11) is 0. The van der Waals surface area contributed by atoms with Crippen molar-refractivity contribution in [1.82, 2.24) is 5.32 Å². The van der Waals surface area contributed by atoms with Crippen molar-refractivity contribution in [1.29, 1.82) is 0 Å². The Kier molecular flexibility index (Phi) is 5.93. The maximum absolute atomic E-state index is 10.8. The Balaban J connectivity index is 2.56. The fourth-order valence-electron chi connectivity index (χ4n) is 1.25. The first kappa shape index (κ1) is 13.0. The summed E-state index contributed by atoms with van der Waals surface area (Å²) in [6.07, 6.45) is 0.967. The highest BCUT2D eigenvalue weighted by atomic mass is 79.9. The SMILES string of the molecule is CC(=O)NCc1ccccc1OCCCBr. The largest absolute Gasteiger partial charge is 0.493 e. The summed E-state index contributed by atoms with van der Waals surface area (Å²) in [4.78, 5) is 10.8. The first-order valence-corrected chi connectivity index (χ1v) is 6.37. The van der Waals surface area contributed by atoms with E-state index < -0.39 is 0 Å². The summed E-state index contributed by atoms with van der Waals surface area (Å²) in [5, 5.41) is 3.70. The molecule has 0 atom stereocenters. The van der Waals surface area contributed by atoms with Gasteiger partial charge < -0.3 is 10.1 Å². The van der Waals surface area contributed by atoms with Gasteiger partial charge in [0.25, 0.3) is 0 Å². The molecule has 0 radical (unpaired) electrons. The van der Waals surface area contributed by atoms with Crippen LogP contribution in [0.2, 0.25) is 0 Å². The highest BCUT2D eigenvalue weighted by Gasteiger charge is 2.02. The van der Waals surface area contributed by atoms with E-state index in [1.807, 2.05) is 24.3 Å². The average Bonchev–Trinajstić information content (AvgIpc) is 2.28. The van der Waals surface area contributed by atoms with Crippen molar-refractivity contribution >= 4 is 21.8 Å². The standard InChI is InChI=1S/C12H16BrNO2/c1-10(15)14-9-11-5-2-3-6-12(11)16-8-4-7-13/h2-3,5-6H,4,7-9H2,1H3,(H,14,15). The van der Waals surface area contributed by atoms with Crippen LogP contribution in [-0.2, 0) is 11.3 Å². The van der Waals surface area contributed by atoms with Crippen molar-refractivity contribution in [3.63, 3.8) is 0 Å². The van der Waals surface area contributed by atoms with E-state index in [1.54, 1.807) is 0 Å². The lowest BCUT2D eigenvalue weighted by atomic mass is 10.2. The number of halogens is 1. The molecule has 4 heteroatoms. The van der Waals surface area contributed by atoms with Gasteiger partial charge in [-0.05, 0) is 12.5 Å². The number of hydrogen-bond acceptors (Lipinski definition) is 2. The summed E-state index contributed by atoms with van der Waals surface area (Å²) in [6.45, 7) is 2.70. The van der Waals surface area contributed by atoms with Crippen LogP contribution in [0.5, 0.6) is 5.75 Å². The Hall–Kier alpha value is -1.03. The second kappa shape index (κ2) is 7.28. The third-order valence-corrected chi connectivity index (χ3v) is 2.60. The molecule has 1 amide bonds. The van der Waals surface area contributed by atoms with E-state index in [9.17, 15) is 4.79 Å². The molecule has 0 aliphatic rings. The number of rotatable bonds is 6. The minimum absolute atomic E-state index is 0.0322. The molecule has 1 aromatic rings. The quantitative estimate of drug-likeness (QED) is 0.644. The number of carbonyl (C=O) groups excluding carboxylic acids is 1. The predicted molar refractivity (Wildman–Crippen MR) is 67.9 cm³/mol. The van der Waals surface area contributed by atoms with E-state index in [4.69, 9.17) is 4.74 Å². The minimum atomic E-state index is -0.0322. The lowest BCUT2D eigenvalue weighted by Gasteiger charge is -2.11. The highest BCUT2D eigenvalue weighted by Crippen LogP contribution is 2.17. The van der Waals surface area contributed by atoms with Crippen LogP contribution in [0.4, 0.5) is 0 Å². The van der Waals surface area contributed by atoms with Crippen molar-refractivity contribution in [3.8, 4) is 5.75 Å². The Morgan fingerprint density at radius 3 is 2.88 bits per heavy atom. The van der Waals surface area contributed by atoms with E-state index in [1.165, 1.54) is 6.92 Å². The molecule has 0 bridgehead atoms. The van der Waals surface area contributed by atoms with Crippen LogP contribution in [0.25, 0.3) is 0 Å². The zero-order valence-electron chi connectivity index (χ0n) is 9.33. The molecule has 1 rings (SSSR count). The molecule has 0 aromatic heterocycles. The van der Waals surface area contributed by atoms with Crippen molar-refractivity contribution in [2.45, 2.75) is 19.9 Å². The molecule has 0 unspecified atom stereocenters. The van der Waals surface area contributed by atoms with E-state index in [2.05, 4.69) is 21.2 Å². The van der Waals surface area contributed by atoms with Crippen molar-refractivity contribution in [3.05, 3.63) is 29.8 Å². The highest BCUT2D eigenvalue weighted by molar-refractivity contribution is 9.09. The van der Waals surface area contributed by atoms with Crippen LogP contribution in [0.15, 0.2) is 24.3 Å². The number of para-hydroxylation sites is 1. The van der Waals surface area contributed by atoms with Crippen LogP contribution in [0.3, 0.4) is 0 Å². The van der Waals surface area contributed by atoms with Gasteiger partial charge in [0.05, 0.1) is 6.61 Å². The Bertz CT molecular complexity index is 342. The Morgan fingerprint density at radius 1 is 1.44 bits per heavy atom. The second-order valence-corrected chi connectivity index (χ2v) is 4.20. The minimum Gasteiger partial charge on any atom is -0.493 e. The van der Waals surface area contributed by atoms with E-state index in [0.717, 1.165) is 23.1 Å². The molecule has 0 heterocycles. The first-order chi connectivity index (χ1) is 7.74. The topological polar surface area (TPSA) is 38.3 Å². The first-order valence-electron chi connectivity index (χ1n) is 5.25. The molecule has 0 spiro atoms. The number of ether oxygens (including phenoxy) is 1. The summed E-state index contributed by atoms with van der Waals surface area (Å²) >= 11 is 3.35. The summed E-state index contributed by atoms with van der Waals surface area (Å²) < 4.78 is 5.63. The summed E-state index contributed by atoms with van der Waals surface area (Å²) in [5.74, 6) is 0.812. The molecule has 0 aliphatic heterocycles. The molecule has 0 aliphatic carbocycles. The number of hydrogen-bond donors (Lipinski definition) is 1. The third kappa shape index (κ3) is 4.66. The number of nitrogens with one attached hydrogen (secondary N) is 1.